The van der Waals surface area contributed by atoms with E-state index in [1.54, 1.807) is 0 Å². The average Bonchev–Trinajstić information content (AvgIpc) is 2.62. The number of hydrogen-bond acceptors (Lipinski definition) is 2. The van der Waals surface area contributed by atoms with E-state index in [0.29, 0.717) is 4.68 Å². The van der Waals surface area contributed by atoms with Crippen LogP contribution in [0.15, 0.2) is 0 Å². The van der Waals surface area contributed by atoms with E-state index in [2.05, 4.69) is 5.10 Å². The number of aryl methyl sites for hydroxylation is 1. The maximum absolute atomic E-state index is 13.6. The van der Waals surface area contributed by atoms with Crippen LogP contribution in [0.5, 0.6) is 0 Å². The van der Waals surface area contributed by atoms with Crippen LogP contribution in [0, 0.1) is 42.9 Å². The first-order chi connectivity index (χ1) is 8.77. The van der Waals surface area contributed by atoms with Crippen LogP contribution < -0.4 is 5.73 Å². The monoisotopic (exact) mass is 277 g/mol. The molecular weight excluding hydrogens is 269 g/mol. The van der Waals surface area contributed by atoms with Crippen molar-refractivity contribution in [1.29, 1.82) is 0 Å². The van der Waals surface area contributed by atoms with Gasteiger partial charge in [-0.3, -0.25) is 0 Å². The fourth-order valence-electron chi connectivity index (χ4n) is 1.65. The van der Waals surface area contributed by atoms with Crippen molar-refractivity contribution in [1.82, 2.24) is 9.78 Å². The van der Waals surface area contributed by atoms with Gasteiger partial charge >= 0.3 is 0 Å². The van der Waals surface area contributed by atoms with Crippen molar-refractivity contribution < 1.29 is 22.0 Å². The molecule has 0 radical (unpaired) electrons. The van der Waals surface area contributed by atoms with E-state index < -0.39 is 34.8 Å². The van der Waals surface area contributed by atoms with Gasteiger partial charge in [0.15, 0.2) is 23.3 Å². The smallest absolute Gasteiger partial charge is 0.200 e. The molecular formula is C11H8F5N3. The second-order valence-electron chi connectivity index (χ2n) is 3.91. The molecule has 0 spiro atoms. The molecule has 1 aromatic carbocycles. The van der Waals surface area contributed by atoms with Gasteiger partial charge in [-0.15, -0.1) is 0 Å². The first-order valence-corrected chi connectivity index (χ1v) is 5.10. The van der Waals surface area contributed by atoms with Crippen LogP contribution in [0.4, 0.5) is 27.6 Å². The lowest BCUT2D eigenvalue weighted by Gasteiger charge is -2.09. The maximum atomic E-state index is 13.6. The van der Waals surface area contributed by atoms with Gasteiger partial charge in [0.2, 0.25) is 5.82 Å². The van der Waals surface area contributed by atoms with Gasteiger partial charge in [-0.2, -0.15) is 5.10 Å². The van der Waals surface area contributed by atoms with E-state index in [4.69, 9.17) is 5.73 Å². The fraction of sp³-hybridized carbons (Fsp3) is 0.182. The third-order valence-electron chi connectivity index (χ3n) is 2.75. The number of nitrogens with zero attached hydrogens (tertiary/aromatic N) is 2. The molecule has 0 aliphatic rings. The highest BCUT2D eigenvalue weighted by Gasteiger charge is 2.28. The fourth-order valence-corrected chi connectivity index (χ4v) is 1.65. The van der Waals surface area contributed by atoms with Crippen LogP contribution >= 0.6 is 0 Å². The standard InChI is InChI=1S/C11H8F5N3/c1-3-10(17)4(2)19(18-3)11-8(15)6(13)5(12)7(14)9(11)16/h17H2,1-2H3. The largest absolute Gasteiger partial charge is 0.396 e. The summed E-state index contributed by atoms with van der Waals surface area (Å²) in [5, 5.41) is 3.67. The summed E-state index contributed by atoms with van der Waals surface area (Å²) in [7, 11) is 0. The van der Waals surface area contributed by atoms with Gasteiger partial charge in [-0.05, 0) is 13.8 Å². The number of aromatic nitrogens is 2. The van der Waals surface area contributed by atoms with Gasteiger partial charge in [0, 0.05) is 0 Å². The van der Waals surface area contributed by atoms with Gasteiger partial charge in [-0.1, -0.05) is 0 Å². The normalized spacial score (nSPS) is 11.1. The molecule has 2 rings (SSSR count). The Morgan fingerprint density at radius 3 is 1.63 bits per heavy atom. The summed E-state index contributed by atoms with van der Waals surface area (Å²) in [6.07, 6.45) is 0. The lowest BCUT2D eigenvalue weighted by atomic mass is 10.2. The molecule has 0 bridgehead atoms. The molecule has 3 nitrogen and oxygen atoms in total. The Kier molecular flexibility index (Phi) is 2.95. The quantitative estimate of drug-likeness (QED) is 0.495. The Bertz CT molecular complexity index is 649. The van der Waals surface area contributed by atoms with Crippen LogP contribution in [0.3, 0.4) is 0 Å². The Hall–Kier alpha value is -2.12. The lowest BCUT2D eigenvalue weighted by molar-refractivity contribution is 0.373. The lowest BCUT2D eigenvalue weighted by Crippen LogP contribution is -2.12. The molecule has 0 atom stereocenters. The highest BCUT2D eigenvalue weighted by molar-refractivity contribution is 5.51. The molecule has 1 heterocycles. The van der Waals surface area contributed by atoms with Gasteiger partial charge < -0.3 is 5.73 Å². The van der Waals surface area contributed by atoms with E-state index in [1.165, 1.54) is 13.8 Å². The molecule has 0 saturated carbocycles. The molecule has 0 amide bonds. The van der Waals surface area contributed by atoms with Crippen molar-refractivity contribution in [3.8, 4) is 5.69 Å². The SMILES string of the molecule is Cc1nn(-c2c(F)c(F)c(F)c(F)c2F)c(C)c1N. The van der Waals surface area contributed by atoms with Crippen LogP contribution in [-0.4, -0.2) is 9.78 Å². The second-order valence-corrected chi connectivity index (χ2v) is 3.91. The molecule has 1 aromatic heterocycles. The summed E-state index contributed by atoms with van der Waals surface area (Å²) in [4.78, 5) is 0. The minimum atomic E-state index is -2.21. The zero-order chi connectivity index (χ0) is 14.5. The minimum absolute atomic E-state index is 0.0840. The first kappa shape index (κ1) is 13.3. The molecule has 2 N–H and O–H groups in total. The van der Waals surface area contributed by atoms with Crippen molar-refractivity contribution in [2.24, 2.45) is 0 Å². The molecule has 0 aliphatic heterocycles. The van der Waals surface area contributed by atoms with Crippen molar-refractivity contribution in [3.05, 3.63) is 40.5 Å². The number of hydrogen-bond donors (Lipinski definition) is 1. The van der Waals surface area contributed by atoms with Crippen molar-refractivity contribution in [2.45, 2.75) is 13.8 Å². The van der Waals surface area contributed by atoms with E-state index in [0.717, 1.165) is 0 Å². The summed E-state index contributed by atoms with van der Waals surface area (Å²) in [6.45, 7) is 2.80. The molecule has 0 unspecified atom stereocenters. The van der Waals surface area contributed by atoms with E-state index in [-0.39, 0.29) is 17.1 Å². The van der Waals surface area contributed by atoms with Gasteiger partial charge in [-0.25, -0.2) is 26.6 Å². The topological polar surface area (TPSA) is 43.8 Å². The van der Waals surface area contributed by atoms with E-state index in [1.807, 2.05) is 0 Å². The van der Waals surface area contributed by atoms with Crippen LogP contribution in [0.1, 0.15) is 11.4 Å². The second kappa shape index (κ2) is 4.22. The number of rotatable bonds is 1. The summed E-state index contributed by atoms with van der Waals surface area (Å²) < 4.78 is 66.9. The Balaban J connectivity index is 2.87. The Labute approximate surface area is 104 Å². The number of anilines is 1. The first-order valence-electron chi connectivity index (χ1n) is 5.10. The Morgan fingerprint density at radius 1 is 0.842 bits per heavy atom. The van der Waals surface area contributed by atoms with Crippen molar-refractivity contribution in [3.63, 3.8) is 0 Å². The number of benzene rings is 1. The highest BCUT2D eigenvalue weighted by atomic mass is 19.2. The summed E-state index contributed by atoms with van der Waals surface area (Å²) in [6, 6.07) is 0. The summed E-state index contributed by atoms with van der Waals surface area (Å²) in [5.41, 5.74) is 4.83. The van der Waals surface area contributed by atoms with E-state index >= 15 is 0 Å². The molecule has 0 fully saturated rings. The van der Waals surface area contributed by atoms with Gasteiger partial charge in [0.1, 0.15) is 5.69 Å². The zero-order valence-corrected chi connectivity index (χ0v) is 9.86. The van der Waals surface area contributed by atoms with Crippen LogP contribution in [-0.2, 0) is 0 Å². The van der Waals surface area contributed by atoms with Crippen LogP contribution in [0.2, 0.25) is 0 Å². The van der Waals surface area contributed by atoms with Gasteiger partial charge in [0.25, 0.3) is 0 Å². The summed E-state index contributed by atoms with van der Waals surface area (Å²) in [5.74, 6) is -10.2. The minimum Gasteiger partial charge on any atom is -0.396 e. The highest BCUT2D eigenvalue weighted by Crippen LogP contribution is 2.28. The zero-order valence-electron chi connectivity index (χ0n) is 9.86. The number of halogens is 5. The van der Waals surface area contributed by atoms with E-state index in [9.17, 15) is 22.0 Å². The number of nitrogen functional groups attached to an aromatic ring is 1. The molecule has 0 saturated heterocycles. The predicted octanol–water partition coefficient (Wildman–Crippen LogP) is 2.77. The third-order valence-corrected chi connectivity index (χ3v) is 2.75. The average molecular weight is 277 g/mol. The van der Waals surface area contributed by atoms with Gasteiger partial charge in [0.05, 0.1) is 17.1 Å². The number of nitrogens with two attached hydrogens (primary N) is 1. The van der Waals surface area contributed by atoms with Crippen molar-refractivity contribution in [2.75, 3.05) is 5.73 Å². The Morgan fingerprint density at radius 2 is 1.26 bits per heavy atom. The molecule has 2 aromatic rings. The molecule has 19 heavy (non-hydrogen) atoms. The van der Waals surface area contributed by atoms with Crippen molar-refractivity contribution >= 4 is 5.69 Å². The predicted molar refractivity (Wildman–Crippen MR) is 57.2 cm³/mol. The molecule has 8 heteroatoms. The maximum Gasteiger partial charge on any atom is 0.200 e. The third kappa shape index (κ3) is 1.74. The summed E-state index contributed by atoms with van der Waals surface area (Å²) >= 11 is 0. The molecule has 0 aliphatic carbocycles. The molecule has 102 valence electrons. The van der Waals surface area contributed by atoms with Crippen LogP contribution in [0.25, 0.3) is 5.69 Å².